The van der Waals surface area contributed by atoms with Crippen molar-refractivity contribution in [2.45, 2.75) is 270 Å². The van der Waals surface area contributed by atoms with Crippen LogP contribution >= 0.6 is 7.82 Å². The highest BCUT2D eigenvalue weighted by molar-refractivity contribution is 7.47. The van der Waals surface area contributed by atoms with Crippen LogP contribution in [0.25, 0.3) is 0 Å². The number of quaternary nitrogens is 1. The maximum absolute atomic E-state index is 12.7. The number of rotatable bonds is 50. The van der Waals surface area contributed by atoms with Gasteiger partial charge in [0.1, 0.15) is 19.8 Å². The number of carbonyl (C=O) groups is 2. The molecule has 2 unspecified atom stereocenters. The second-order valence-corrected chi connectivity index (χ2v) is 21.1. The van der Waals surface area contributed by atoms with Crippen LogP contribution in [0.15, 0.2) is 12.2 Å². The quantitative estimate of drug-likeness (QED) is 0.0211. The molecule has 0 radical (unpaired) electrons. The van der Waals surface area contributed by atoms with Gasteiger partial charge in [-0.05, 0) is 38.5 Å². The molecule has 0 saturated carbocycles. The first-order chi connectivity index (χ1) is 30.5. The van der Waals surface area contributed by atoms with Crippen LogP contribution in [0.3, 0.4) is 0 Å². The van der Waals surface area contributed by atoms with Crippen LogP contribution in [-0.4, -0.2) is 74.9 Å². The summed E-state index contributed by atoms with van der Waals surface area (Å²) < 4.78 is 34.4. The lowest BCUT2D eigenvalue weighted by molar-refractivity contribution is -0.870. The maximum Gasteiger partial charge on any atom is 0.472 e. The average Bonchev–Trinajstić information content (AvgIpc) is 3.24. The Hall–Kier alpha value is -1.25. The maximum atomic E-state index is 12.7. The summed E-state index contributed by atoms with van der Waals surface area (Å²) in [6.45, 7) is 4.45. The third kappa shape index (κ3) is 50.0. The fourth-order valence-electron chi connectivity index (χ4n) is 7.84. The lowest BCUT2D eigenvalue weighted by Crippen LogP contribution is -2.37. The van der Waals surface area contributed by atoms with Gasteiger partial charge in [-0.3, -0.25) is 18.6 Å². The molecule has 0 heterocycles. The van der Waals surface area contributed by atoms with Gasteiger partial charge in [0.05, 0.1) is 27.7 Å². The lowest BCUT2D eigenvalue weighted by Gasteiger charge is -2.24. The first-order valence-corrected chi connectivity index (χ1v) is 28.4. The SMILES string of the molecule is CCCCCC/C=C\CCCCCCCC(=O)OC(COC(=O)CCCCCCCCCCCCCCCCCCCCCCCCCCCC)COP(=O)(O)OCC[N+](C)(C)C. The van der Waals surface area contributed by atoms with Crippen LogP contribution in [0.1, 0.15) is 264 Å². The highest BCUT2D eigenvalue weighted by Crippen LogP contribution is 2.43. The number of likely N-dealkylation sites (N-methyl/N-ethyl adjacent to an activating group) is 1. The monoisotopic (exact) mass is 915 g/mol. The molecule has 0 spiro atoms. The van der Waals surface area contributed by atoms with E-state index in [1.165, 1.54) is 180 Å². The van der Waals surface area contributed by atoms with Gasteiger partial charge in [0.2, 0.25) is 0 Å². The molecule has 2 atom stereocenters. The van der Waals surface area contributed by atoms with Crippen molar-refractivity contribution in [3.05, 3.63) is 12.2 Å². The fourth-order valence-corrected chi connectivity index (χ4v) is 8.58. The Bertz CT molecular complexity index is 1080. The number of ether oxygens (including phenoxy) is 2. The minimum absolute atomic E-state index is 0.0334. The van der Waals surface area contributed by atoms with E-state index in [9.17, 15) is 19.0 Å². The van der Waals surface area contributed by atoms with Crippen molar-refractivity contribution >= 4 is 19.8 Å². The molecule has 10 heteroatoms. The Labute approximate surface area is 390 Å². The summed E-state index contributed by atoms with van der Waals surface area (Å²) in [4.78, 5) is 35.5. The topological polar surface area (TPSA) is 108 Å². The molecule has 0 fully saturated rings. The summed E-state index contributed by atoms with van der Waals surface area (Å²) in [6, 6.07) is 0. The van der Waals surface area contributed by atoms with E-state index in [0.29, 0.717) is 23.9 Å². The Morgan fingerprint density at radius 2 is 0.810 bits per heavy atom. The highest BCUT2D eigenvalue weighted by Gasteiger charge is 2.27. The summed E-state index contributed by atoms with van der Waals surface area (Å²) in [5, 5.41) is 0. The fraction of sp³-hybridized carbons (Fsp3) is 0.925. The van der Waals surface area contributed by atoms with Crippen molar-refractivity contribution in [1.29, 1.82) is 0 Å². The number of hydrogen-bond donors (Lipinski definition) is 1. The van der Waals surface area contributed by atoms with E-state index >= 15 is 0 Å². The van der Waals surface area contributed by atoms with Gasteiger partial charge in [0.25, 0.3) is 0 Å². The number of esters is 2. The predicted molar refractivity (Wildman–Crippen MR) is 266 cm³/mol. The third-order valence-electron chi connectivity index (χ3n) is 12.0. The lowest BCUT2D eigenvalue weighted by atomic mass is 10.0. The second kappa shape index (κ2) is 45.9. The van der Waals surface area contributed by atoms with Crippen LogP contribution < -0.4 is 0 Å². The minimum atomic E-state index is -4.38. The molecule has 0 aromatic rings. The second-order valence-electron chi connectivity index (χ2n) is 19.6. The first kappa shape index (κ1) is 61.8. The molecule has 0 aliphatic rings. The summed E-state index contributed by atoms with van der Waals surface area (Å²) in [7, 11) is 1.49. The molecule has 1 N–H and O–H groups in total. The number of carbonyl (C=O) groups excluding carboxylic acids is 2. The number of allylic oxidation sites excluding steroid dienone is 2. The Balaban J connectivity index is 4.07. The zero-order valence-corrected chi connectivity index (χ0v) is 43.2. The smallest absolute Gasteiger partial charge is 0.462 e. The molecule has 374 valence electrons. The van der Waals surface area contributed by atoms with Gasteiger partial charge in [0.15, 0.2) is 6.10 Å². The van der Waals surface area contributed by atoms with Crippen molar-refractivity contribution in [1.82, 2.24) is 0 Å². The van der Waals surface area contributed by atoms with E-state index in [1.54, 1.807) is 0 Å². The highest BCUT2D eigenvalue weighted by atomic mass is 31.2. The van der Waals surface area contributed by atoms with Crippen LogP contribution in [0.5, 0.6) is 0 Å². The van der Waals surface area contributed by atoms with E-state index in [4.69, 9.17) is 18.5 Å². The van der Waals surface area contributed by atoms with Gasteiger partial charge < -0.3 is 18.9 Å². The van der Waals surface area contributed by atoms with Gasteiger partial charge in [-0.2, -0.15) is 0 Å². The number of nitrogens with zero attached hydrogens (tertiary/aromatic N) is 1. The minimum Gasteiger partial charge on any atom is -0.462 e. The van der Waals surface area contributed by atoms with Crippen molar-refractivity contribution in [2.24, 2.45) is 0 Å². The zero-order chi connectivity index (χ0) is 46.4. The first-order valence-electron chi connectivity index (χ1n) is 26.9. The normalized spacial score (nSPS) is 13.4. The average molecular weight is 915 g/mol. The van der Waals surface area contributed by atoms with Crippen molar-refractivity contribution in [2.75, 3.05) is 47.5 Å². The van der Waals surface area contributed by atoms with Gasteiger partial charge in [-0.25, -0.2) is 4.57 Å². The standard InChI is InChI=1S/C53H104NO8P/c1-6-8-10-12-14-16-18-20-21-22-23-24-25-26-27-28-29-30-31-32-34-35-37-39-41-43-45-52(55)59-49-51(50-61-63(57,58)60-48-47-54(3,4)5)62-53(56)46-44-42-40-38-36-33-19-17-15-13-11-9-7-2/h17,19,51H,6-16,18,20-50H2,1-5H3/p+1/b19-17-. The van der Waals surface area contributed by atoms with Crippen molar-refractivity contribution < 1.29 is 42.1 Å². The molecule has 0 aliphatic carbocycles. The summed E-state index contributed by atoms with van der Waals surface area (Å²) in [5.74, 6) is -0.794. The van der Waals surface area contributed by atoms with Crippen molar-refractivity contribution in [3.8, 4) is 0 Å². The largest absolute Gasteiger partial charge is 0.472 e. The third-order valence-corrected chi connectivity index (χ3v) is 13.0. The van der Waals surface area contributed by atoms with Crippen LogP contribution in [0, 0.1) is 0 Å². The molecule has 0 saturated heterocycles. The van der Waals surface area contributed by atoms with Crippen molar-refractivity contribution in [3.63, 3.8) is 0 Å². The number of hydrogen-bond acceptors (Lipinski definition) is 7. The van der Waals surface area contributed by atoms with E-state index in [1.807, 2.05) is 21.1 Å². The van der Waals surface area contributed by atoms with Crippen LogP contribution in [0.4, 0.5) is 0 Å². The van der Waals surface area contributed by atoms with Crippen LogP contribution in [-0.2, 0) is 32.7 Å². The molecule has 0 aromatic heterocycles. The van der Waals surface area contributed by atoms with E-state index in [0.717, 1.165) is 51.4 Å². The Kier molecular flexibility index (Phi) is 45.0. The van der Waals surface area contributed by atoms with Gasteiger partial charge in [0, 0.05) is 12.8 Å². The molecule has 0 aromatic carbocycles. The molecule has 63 heavy (non-hydrogen) atoms. The summed E-state index contributed by atoms with van der Waals surface area (Å²) >= 11 is 0. The van der Waals surface area contributed by atoms with E-state index < -0.39 is 26.5 Å². The summed E-state index contributed by atoms with van der Waals surface area (Å²) in [5.41, 5.74) is 0. The molecular formula is C53H105NO8P+. The van der Waals surface area contributed by atoms with Crippen LogP contribution in [0.2, 0.25) is 0 Å². The van der Waals surface area contributed by atoms with Gasteiger partial charge >= 0.3 is 19.8 Å². The van der Waals surface area contributed by atoms with Gasteiger partial charge in [-0.1, -0.05) is 225 Å². The molecule has 0 amide bonds. The molecule has 0 aliphatic heterocycles. The zero-order valence-electron chi connectivity index (χ0n) is 42.3. The Morgan fingerprint density at radius 3 is 1.19 bits per heavy atom. The van der Waals surface area contributed by atoms with E-state index in [-0.39, 0.29) is 25.6 Å². The number of phosphoric acid groups is 1. The molecule has 0 bridgehead atoms. The molecule has 9 nitrogen and oxygen atoms in total. The van der Waals surface area contributed by atoms with Gasteiger partial charge in [-0.15, -0.1) is 0 Å². The number of phosphoric ester groups is 1. The Morgan fingerprint density at radius 1 is 0.476 bits per heavy atom. The van der Waals surface area contributed by atoms with E-state index in [2.05, 4.69) is 26.0 Å². The summed E-state index contributed by atoms with van der Waals surface area (Å²) in [6.07, 6.45) is 51.4. The molecule has 0 rings (SSSR count). The number of unbranched alkanes of at least 4 members (excludes halogenated alkanes) is 34. The molecular weight excluding hydrogens is 810 g/mol. The predicted octanol–water partition coefficient (Wildman–Crippen LogP) is 16.1.